The molecule has 3 atom stereocenters. The number of ether oxygens (including phenoxy) is 1. The van der Waals surface area contributed by atoms with Crippen LogP contribution in [-0.2, 0) is 9.53 Å². The molecule has 2 rings (SSSR count). The second-order valence-corrected chi connectivity index (χ2v) is 6.32. The molecule has 2 aliphatic rings. The Balaban J connectivity index is 2.13. The Hall–Kier alpha value is -1.26. The van der Waals surface area contributed by atoms with E-state index in [1.54, 1.807) is 20.8 Å². The van der Waals surface area contributed by atoms with E-state index in [2.05, 4.69) is 0 Å². The number of likely N-dealkylation sites (tertiary alicyclic amines) is 1. The molecule has 1 saturated heterocycles. The molecule has 96 valence electrons. The van der Waals surface area contributed by atoms with E-state index in [0.717, 1.165) is 6.42 Å². The largest absolute Gasteiger partial charge is 0.480 e. The maximum atomic E-state index is 12.0. The molecule has 1 N–H and O–H groups in total. The quantitative estimate of drug-likeness (QED) is 0.761. The number of carbonyl (C=O) groups excluding carboxylic acids is 1. The number of amides is 1. The van der Waals surface area contributed by atoms with Crippen LogP contribution in [0.15, 0.2) is 0 Å². The van der Waals surface area contributed by atoms with E-state index in [9.17, 15) is 9.59 Å². The number of carbonyl (C=O) groups is 2. The monoisotopic (exact) mass is 241 g/mol. The smallest absolute Gasteiger partial charge is 0.411 e. The second-order valence-electron chi connectivity index (χ2n) is 6.32. The highest BCUT2D eigenvalue weighted by molar-refractivity contribution is 5.82. The van der Waals surface area contributed by atoms with Gasteiger partial charge >= 0.3 is 12.1 Å². The summed E-state index contributed by atoms with van der Waals surface area (Å²) in [5.74, 6) is -0.940. The Morgan fingerprint density at radius 1 is 1.35 bits per heavy atom. The predicted octanol–water partition coefficient (Wildman–Crippen LogP) is 1.86. The number of carboxylic acid groups (broad SMARTS) is 1. The minimum atomic E-state index is -0.940. The van der Waals surface area contributed by atoms with Gasteiger partial charge in [-0.25, -0.2) is 9.59 Å². The molecular formula is C12H19NO4. The predicted molar refractivity (Wildman–Crippen MR) is 60.6 cm³/mol. The molecule has 0 aromatic carbocycles. The first kappa shape index (κ1) is 12.2. The SMILES string of the molecule is CC(C)(C)OC(=O)N1[C@H](C(=O)O)C[C@]2(C)C[C@@H]12. The third kappa shape index (κ3) is 2.10. The van der Waals surface area contributed by atoms with Gasteiger partial charge in [-0.1, -0.05) is 6.92 Å². The zero-order valence-corrected chi connectivity index (χ0v) is 10.7. The minimum absolute atomic E-state index is 0.0139. The van der Waals surface area contributed by atoms with Crippen molar-refractivity contribution in [2.24, 2.45) is 5.41 Å². The van der Waals surface area contributed by atoms with Crippen molar-refractivity contribution in [3.05, 3.63) is 0 Å². The highest BCUT2D eigenvalue weighted by atomic mass is 16.6. The van der Waals surface area contributed by atoms with Crippen molar-refractivity contribution in [1.82, 2.24) is 4.90 Å². The van der Waals surface area contributed by atoms with Gasteiger partial charge in [0.15, 0.2) is 0 Å². The van der Waals surface area contributed by atoms with Gasteiger partial charge in [-0.3, -0.25) is 4.90 Å². The summed E-state index contributed by atoms with van der Waals surface area (Å²) in [5, 5.41) is 9.13. The van der Waals surface area contributed by atoms with Crippen molar-refractivity contribution in [3.8, 4) is 0 Å². The molecule has 1 aliphatic carbocycles. The lowest BCUT2D eigenvalue weighted by atomic mass is 10.0. The number of nitrogens with zero attached hydrogens (tertiary/aromatic N) is 1. The van der Waals surface area contributed by atoms with Gasteiger partial charge in [0.25, 0.3) is 0 Å². The topological polar surface area (TPSA) is 66.8 Å². The maximum Gasteiger partial charge on any atom is 0.411 e. The summed E-state index contributed by atoms with van der Waals surface area (Å²) >= 11 is 0. The van der Waals surface area contributed by atoms with Gasteiger partial charge in [0.1, 0.15) is 11.6 Å². The molecule has 0 aromatic heterocycles. The Labute approximate surface area is 101 Å². The van der Waals surface area contributed by atoms with E-state index < -0.39 is 23.7 Å². The molecular weight excluding hydrogens is 222 g/mol. The molecule has 0 spiro atoms. The van der Waals surface area contributed by atoms with Crippen LogP contribution in [0.25, 0.3) is 0 Å². The van der Waals surface area contributed by atoms with E-state index in [1.807, 2.05) is 6.92 Å². The summed E-state index contributed by atoms with van der Waals surface area (Å²) in [4.78, 5) is 24.5. The Morgan fingerprint density at radius 3 is 2.41 bits per heavy atom. The fraction of sp³-hybridized carbons (Fsp3) is 0.833. The van der Waals surface area contributed by atoms with Crippen molar-refractivity contribution in [3.63, 3.8) is 0 Å². The van der Waals surface area contributed by atoms with Gasteiger partial charge in [0.05, 0.1) is 0 Å². The number of aliphatic carboxylic acids is 1. The van der Waals surface area contributed by atoms with Crippen LogP contribution >= 0.6 is 0 Å². The number of hydrogen-bond acceptors (Lipinski definition) is 3. The van der Waals surface area contributed by atoms with Crippen molar-refractivity contribution >= 4 is 12.1 Å². The fourth-order valence-corrected chi connectivity index (χ4v) is 2.57. The first-order valence-electron chi connectivity index (χ1n) is 5.88. The third-order valence-corrected chi connectivity index (χ3v) is 3.52. The third-order valence-electron chi connectivity index (χ3n) is 3.52. The lowest BCUT2D eigenvalue weighted by Crippen LogP contribution is -2.45. The summed E-state index contributed by atoms with van der Waals surface area (Å²) in [6.07, 6.45) is 0.915. The lowest BCUT2D eigenvalue weighted by molar-refractivity contribution is -0.142. The number of hydrogen-bond donors (Lipinski definition) is 1. The molecule has 1 saturated carbocycles. The van der Waals surface area contributed by atoms with Crippen LogP contribution < -0.4 is 0 Å². The summed E-state index contributed by atoms with van der Waals surface area (Å²) in [5.41, 5.74) is -0.603. The minimum Gasteiger partial charge on any atom is -0.480 e. The van der Waals surface area contributed by atoms with Crippen LogP contribution in [-0.4, -0.2) is 39.8 Å². The van der Waals surface area contributed by atoms with Gasteiger partial charge in [-0.2, -0.15) is 0 Å². The van der Waals surface area contributed by atoms with Crippen LogP contribution in [0.1, 0.15) is 40.5 Å². The van der Waals surface area contributed by atoms with Gasteiger partial charge in [-0.15, -0.1) is 0 Å². The number of fused-ring (bicyclic) bond motifs is 1. The van der Waals surface area contributed by atoms with Crippen molar-refractivity contribution in [2.75, 3.05) is 0 Å². The van der Waals surface area contributed by atoms with Crippen LogP contribution in [0.5, 0.6) is 0 Å². The molecule has 1 amide bonds. The lowest BCUT2D eigenvalue weighted by Gasteiger charge is -2.28. The molecule has 0 aromatic rings. The molecule has 5 nitrogen and oxygen atoms in total. The van der Waals surface area contributed by atoms with Gasteiger partial charge < -0.3 is 9.84 Å². The molecule has 5 heteroatoms. The summed E-state index contributed by atoms with van der Waals surface area (Å²) in [6.45, 7) is 7.37. The van der Waals surface area contributed by atoms with Gasteiger partial charge in [0, 0.05) is 6.04 Å². The van der Waals surface area contributed by atoms with Crippen LogP contribution in [0, 0.1) is 5.41 Å². The van der Waals surface area contributed by atoms with Gasteiger partial charge in [0.2, 0.25) is 0 Å². The van der Waals surface area contributed by atoms with E-state index in [0.29, 0.717) is 6.42 Å². The molecule has 2 fully saturated rings. The molecule has 0 radical (unpaired) electrons. The van der Waals surface area contributed by atoms with Crippen LogP contribution in [0.4, 0.5) is 4.79 Å². The van der Waals surface area contributed by atoms with E-state index in [4.69, 9.17) is 9.84 Å². The number of rotatable bonds is 1. The van der Waals surface area contributed by atoms with Crippen molar-refractivity contribution < 1.29 is 19.4 Å². The van der Waals surface area contributed by atoms with Gasteiger partial charge in [-0.05, 0) is 39.0 Å². The Morgan fingerprint density at radius 2 is 1.94 bits per heavy atom. The Kier molecular flexibility index (Phi) is 2.42. The standard InChI is InChI=1S/C12H19NO4/c1-11(2,3)17-10(16)13-7(9(14)15)5-12(4)6-8(12)13/h7-8H,5-6H2,1-4H3,(H,14,15)/t7-,8+,12+/m0/s1. The Bertz CT molecular complexity index is 373. The molecule has 0 unspecified atom stereocenters. The molecule has 0 bridgehead atoms. The maximum absolute atomic E-state index is 12.0. The average Bonchev–Trinajstić information content (AvgIpc) is 2.65. The molecule has 17 heavy (non-hydrogen) atoms. The zero-order chi connectivity index (χ0) is 13.0. The van der Waals surface area contributed by atoms with Crippen molar-refractivity contribution in [2.45, 2.75) is 58.2 Å². The zero-order valence-electron chi connectivity index (χ0n) is 10.7. The normalized spacial score (nSPS) is 35.4. The fourth-order valence-electron chi connectivity index (χ4n) is 2.57. The summed E-state index contributed by atoms with van der Waals surface area (Å²) < 4.78 is 5.27. The van der Waals surface area contributed by atoms with E-state index in [-0.39, 0.29) is 11.5 Å². The summed E-state index contributed by atoms with van der Waals surface area (Å²) in [6, 6.07) is -0.688. The highest BCUT2D eigenvalue weighted by Gasteiger charge is 2.65. The number of piperidine rings is 1. The van der Waals surface area contributed by atoms with E-state index >= 15 is 0 Å². The van der Waals surface area contributed by atoms with Crippen molar-refractivity contribution in [1.29, 1.82) is 0 Å². The first-order chi connectivity index (χ1) is 7.64. The number of carboxylic acids is 1. The second kappa shape index (κ2) is 3.37. The first-order valence-corrected chi connectivity index (χ1v) is 5.88. The van der Waals surface area contributed by atoms with Crippen LogP contribution in [0.2, 0.25) is 0 Å². The summed E-state index contributed by atoms with van der Waals surface area (Å²) in [7, 11) is 0. The average molecular weight is 241 g/mol. The van der Waals surface area contributed by atoms with E-state index in [1.165, 1.54) is 4.90 Å². The highest BCUT2D eigenvalue weighted by Crippen LogP contribution is 2.59. The molecule has 1 aliphatic heterocycles. The molecule has 1 heterocycles. The van der Waals surface area contributed by atoms with Crippen LogP contribution in [0.3, 0.4) is 0 Å².